The molecule has 3 N–H and O–H groups in total. The second-order valence-corrected chi connectivity index (χ2v) is 4.83. The van der Waals surface area contributed by atoms with Gasteiger partial charge in [0, 0.05) is 6.04 Å². The summed E-state index contributed by atoms with van der Waals surface area (Å²) < 4.78 is 25.8. The Morgan fingerprint density at radius 1 is 1.47 bits per heavy atom. The Balaban J connectivity index is 2.07. The third kappa shape index (κ3) is 3.42. The van der Waals surface area contributed by atoms with Crippen LogP contribution in [-0.2, 0) is 6.54 Å². The van der Waals surface area contributed by atoms with Crippen molar-refractivity contribution < 1.29 is 13.6 Å². The maximum absolute atomic E-state index is 12.4. The third-order valence-corrected chi connectivity index (χ3v) is 3.33. The predicted molar refractivity (Wildman–Crippen MR) is 67.0 cm³/mol. The molecule has 7 heteroatoms. The lowest BCUT2D eigenvalue weighted by molar-refractivity contribution is 0.0900. The lowest BCUT2D eigenvalue weighted by Gasteiger charge is -2.23. The first-order valence-corrected chi connectivity index (χ1v) is 6.48. The van der Waals surface area contributed by atoms with Crippen molar-refractivity contribution in [2.45, 2.75) is 51.1 Å². The fourth-order valence-corrected chi connectivity index (χ4v) is 2.42. The van der Waals surface area contributed by atoms with Crippen LogP contribution in [-0.4, -0.2) is 28.2 Å². The molecule has 0 aromatic carbocycles. The Morgan fingerprint density at radius 2 is 2.16 bits per heavy atom. The molecule has 0 unspecified atom stereocenters. The summed E-state index contributed by atoms with van der Waals surface area (Å²) in [5.41, 5.74) is 5.80. The number of hydrogen-bond acceptors (Lipinski definition) is 3. The van der Waals surface area contributed by atoms with Gasteiger partial charge in [-0.2, -0.15) is 5.10 Å². The van der Waals surface area contributed by atoms with E-state index in [0.717, 1.165) is 30.4 Å². The van der Waals surface area contributed by atoms with Crippen LogP contribution in [0.5, 0.6) is 0 Å². The van der Waals surface area contributed by atoms with Crippen molar-refractivity contribution in [3.8, 4) is 0 Å². The average Bonchev–Trinajstić information content (AvgIpc) is 2.71. The minimum Gasteiger partial charge on any atom is -0.396 e. The number of alkyl halides is 2. The molecule has 0 spiro atoms. The number of carbonyl (C=O) groups excluding carboxylic acids is 1. The lowest BCUT2D eigenvalue weighted by Crippen LogP contribution is -2.37. The van der Waals surface area contributed by atoms with Crippen LogP contribution in [0.15, 0.2) is 6.20 Å². The van der Waals surface area contributed by atoms with Crippen molar-refractivity contribution >= 4 is 11.6 Å². The zero-order chi connectivity index (χ0) is 13.8. The number of nitrogens with one attached hydrogen (secondary N) is 1. The molecule has 0 saturated heterocycles. The quantitative estimate of drug-likeness (QED) is 0.877. The molecule has 0 bridgehead atoms. The zero-order valence-electron chi connectivity index (χ0n) is 10.6. The van der Waals surface area contributed by atoms with Crippen LogP contribution in [0.1, 0.15) is 42.6 Å². The summed E-state index contributed by atoms with van der Waals surface area (Å²) in [7, 11) is 0. The Hall–Kier alpha value is -1.66. The van der Waals surface area contributed by atoms with E-state index in [4.69, 9.17) is 5.73 Å². The number of amides is 1. The van der Waals surface area contributed by atoms with E-state index in [9.17, 15) is 13.6 Å². The monoisotopic (exact) mass is 272 g/mol. The number of nitrogens with two attached hydrogens (primary N) is 1. The van der Waals surface area contributed by atoms with Crippen molar-refractivity contribution in [2.24, 2.45) is 0 Å². The van der Waals surface area contributed by atoms with Gasteiger partial charge in [0.15, 0.2) is 0 Å². The number of hydrogen-bond donors (Lipinski definition) is 2. The van der Waals surface area contributed by atoms with Crippen molar-refractivity contribution in [3.05, 3.63) is 11.9 Å². The van der Waals surface area contributed by atoms with E-state index in [0.29, 0.717) is 0 Å². The van der Waals surface area contributed by atoms with Gasteiger partial charge in [0.05, 0.1) is 11.9 Å². The number of carbonyl (C=O) groups is 1. The number of rotatable bonds is 4. The smallest absolute Gasteiger partial charge is 0.271 e. The van der Waals surface area contributed by atoms with E-state index >= 15 is 0 Å². The number of nitrogen functional groups attached to an aromatic ring is 1. The second-order valence-electron chi connectivity index (χ2n) is 4.83. The SMILES string of the molecule is Nc1cnn(CC(F)F)c1C(=O)NC1CCCCC1. The van der Waals surface area contributed by atoms with Crippen molar-refractivity contribution in [2.75, 3.05) is 5.73 Å². The Bertz CT molecular complexity index is 441. The summed E-state index contributed by atoms with van der Waals surface area (Å²) in [6.07, 6.45) is 3.85. The van der Waals surface area contributed by atoms with Gasteiger partial charge in [0.25, 0.3) is 12.3 Å². The van der Waals surface area contributed by atoms with Gasteiger partial charge in [-0.1, -0.05) is 19.3 Å². The molecule has 1 aliphatic rings. The molecular weight excluding hydrogens is 254 g/mol. The summed E-state index contributed by atoms with van der Waals surface area (Å²) in [6.45, 7) is -0.620. The second kappa shape index (κ2) is 5.99. The minimum absolute atomic E-state index is 0.0332. The van der Waals surface area contributed by atoms with Gasteiger partial charge in [0.1, 0.15) is 12.2 Å². The minimum atomic E-state index is -2.57. The fourth-order valence-electron chi connectivity index (χ4n) is 2.42. The third-order valence-electron chi connectivity index (χ3n) is 3.33. The van der Waals surface area contributed by atoms with Gasteiger partial charge in [0.2, 0.25) is 0 Å². The Morgan fingerprint density at radius 3 is 2.79 bits per heavy atom. The molecule has 1 amide bonds. The molecule has 1 aromatic heterocycles. The van der Waals surface area contributed by atoms with Crippen LogP contribution in [0.3, 0.4) is 0 Å². The number of anilines is 1. The van der Waals surface area contributed by atoms with Gasteiger partial charge < -0.3 is 11.1 Å². The number of nitrogens with zero attached hydrogens (tertiary/aromatic N) is 2. The maximum atomic E-state index is 12.4. The highest BCUT2D eigenvalue weighted by Gasteiger charge is 2.22. The fraction of sp³-hybridized carbons (Fsp3) is 0.667. The van der Waals surface area contributed by atoms with E-state index in [-0.39, 0.29) is 17.4 Å². The highest BCUT2D eigenvalue weighted by atomic mass is 19.3. The molecule has 1 aromatic rings. The topological polar surface area (TPSA) is 72.9 Å². The summed E-state index contributed by atoms with van der Waals surface area (Å²) >= 11 is 0. The molecule has 106 valence electrons. The van der Waals surface area contributed by atoms with Gasteiger partial charge >= 0.3 is 0 Å². The van der Waals surface area contributed by atoms with E-state index in [1.165, 1.54) is 12.6 Å². The van der Waals surface area contributed by atoms with Crippen molar-refractivity contribution in [1.29, 1.82) is 0 Å². The molecule has 19 heavy (non-hydrogen) atoms. The largest absolute Gasteiger partial charge is 0.396 e. The predicted octanol–water partition coefficient (Wildman–Crippen LogP) is 1.79. The maximum Gasteiger partial charge on any atom is 0.271 e. The van der Waals surface area contributed by atoms with Gasteiger partial charge in [-0.05, 0) is 12.8 Å². The van der Waals surface area contributed by atoms with Gasteiger partial charge in [-0.3, -0.25) is 9.48 Å². The molecule has 1 aliphatic carbocycles. The molecule has 1 heterocycles. The summed E-state index contributed by atoms with van der Waals surface area (Å²) in [5, 5.41) is 6.57. The van der Waals surface area contributed by atoms with E-state index in [2.05, 4.69) is 10.4 Å². The van der Waals surface area contributed by atoms with Crippen LogP contribution in [0.2, 0.25) is 0 Å². The van der Waals surface area contributed by atoms with E-state index in [1.54, 1.807) is 0 Å². The zero-order valence-corrected chi connectivity index (χ0v) is 10.6. The molecule has 0 radical (unpaired) electrons. The molecule has 0 aliphatic heterocycles. The van der Waals surface area contributed by atoms with Crippen molar-refractivity contribution in [1.82, 2.24) is 15.1 Å². The van der Waals surface area contributed by atoms with Gasteiger partial charge in [-0.25, -0.2) is 8.78 Å². The molecule has 5 nitrogen and oxygen atoms in total. The van der Waals surface area contributed by atoms with Crippen molar-refractivity contribution in [3.63, 3.8) is 0 Å². The molecule has 1 fully saturated rings. The highest BCUT2D eigenvalue weighted by molar-refractivity contribution is 5.97. The molecular formula is C12H18F2N4O. The van der Waals surface area contributed by atoms with Crippen LogP contribution >= 0.6 is 0 Å². The molecule has 1 saturated carbocycles. The lowest BCUT2D eigenvalue weighted by atomic mass is 9.95. The van der Waals surface area contributed by atoms with E-state index in [1.807, 2.05) is 0 Å². The molecule has 2 rings (SSSR count). The first-order valence-electron chi connectivity index (χ1n) is 6.48. The number of aromatic nitrogens is 2. The van der Waals surface area contributed by atoms with E-state index < -0.39 is 18.9 Å². The summed E-state index contributed by atoms with van der Waals surface area (Å²) in [5.74, 6) is -0.414. The first-order chi connectivity index (χ1) is 9.08. The van der Waals surface area contributed by atoms with Crippen LogP contribution in [0, 0.1) is 0 Å². The summed E-state index contributed by atoms with van der Waals surface area (Å²) in [4.78, 5) is 12.1. The summed E-state index contributed by atoms with van der Waals surface area (Å²) in [6, 6.07) is 0.107. The van der Waals surface area contributed by atoms with Crippen LogP contribution < -0.4 is 11.1 Å². The van der Waals surface area contributed by atoms with Gasteiger partial charge in [-0.15, -0.1) is 0 Å². The first kappa shape index (κ1) is 13.8. The standard InChI is InChI=1S/C12H18F2N4O/c13-10(14)7-18-11(9(15)6-16-18)12(19)17-8-4-2-1-3-5-8/h6,8,10H,1-5,7,15H2,(H,17,19). The van der Waals surface area contributed by atoms with Crippen LogP contribution in [0.25, 0.3) is 0 Å². The van der Waals surface area contributed by atoms with Crippen LogP contribution in [0.4, 0.5) is 14.5 Å². The molecule has 0 atom stereocenters. The Kier molecular flexibility index (Phi) is 4.34. The average molecular weight is 272 g/mol. The highest BCUT2D eigenvalue weighted by Crippen LogP contribution is 2.19. The normalized spacial score (nSPS) is 16.8. The Labute approximate surface area is 110 Å². The number of halogens is 2.